The van der Waals surface area contributed by atoms with Crippen LogP contribution in [0, 0.1) is 0 Å². The van der Waals surface area contributed by atoms with Crippen molar-refractivity contribution in [2.45, 2.75) is 50.7 Å². The van der Waals surface area contributed by atoms with Crippen molar-refractivity contribution in [3.05, 3.63) is 16.4 Å². The first-order valence-electron chi connectivity index (χ1n) is 7.19. The molecule has 2 aliphatic rings. The fraction of sp³-hybridized carbons (Fsp3) is 0.786. The van der Waals surface area contributed by atoms with Crippen molar-refractivity contribution in [2.75, 3.05) is 13.1 Å². The molecule has 1 saturated heterocycles. The van der Waals surface area contributed by atoms with Gasteiger partial charge in [0.1, 0.15) is 0 Å². The molecule has 1 aromatic heterocycles. The molecule has 1 aromatic rings. The first-order valence-corrected chi connectivity index (χ1v) is 7.57. The normalized spacial score (nSPS) is 28.2. The van der Waals surface area contributed by atoms with Crippen LogP contribution >= 0.6 is 11.6 Å². The van der Waals surface area contributed by atoms with Crippen LogP contribution in [0.3, 0.4) is 0 Å². The van der Waals surface area contributed by atoms with Crippen LogP contribution in [0.5, 0.6) is 0 Å². The van der Waals surface area contributed by atoms with Gasteiger partial charge < -0.3 is 5.11 Å². The third kappa shape index (κ3) is 2.54. The Morgan fingerprint density at radius 1 is 1.47 bits per heavy atom. The molecule has 0 amide bonds. The van der Waals surface area contributed by atoms with E-state index in [1.165, 1.54) is 12.8 Å². The number of β-amino-alcohol motifs (C(OH)–C–C–N with tert-alkyl or cyclic N) is 1. The average molecular weight is 284 g/mol. The fourth-order valence-corrected chi connectivity index (χ4v) is 3.47. The van der Waals surface area contributed by atoms with Crippen LogP contribution in [-0.2, 0) is 19.9 Å². The van der Waals surface area contributed by atoms with Gasteiger partial charge in [-0.15, -0.1) is 0 Å². The van der Waals surface area contributed by atoms with Gasteiger partial charge in [0.2, 0.25) is 0 Å². The lowest BCUT2D eigenvalue weighted by atomic mass is 9.96. The Morgan fingerprint density at radius 2 is 2.21 bits per heavy atom. The molecule has 4 nitrogen and oxygen atoms in total. The van der Waals surface area contributed by atoms with Crippen LogP contribution < -0.4 is 0 Å². The van der Waals surface area contributed by atoms with Gasteiger partial charge in [0.25, 0.3) is 0 Å². The Bertz CT molecular complexity index is 483. The molecule has 0 spiro atoms. The number of rotatable bonds is 4. The molecule has 1 aliphatic carbocycles. The maximum atomic E-state index is 10.8. The molecule has 19 heavy (non-hydrogen) atoms. The van der Waals surface area contributed by atoms with E-state index in [0.717, 1.165) is 48.4 Å². The van der Waals surface area contributed by atoms with E-state index in [1.807, 2.05) is 11.7 Å². The maximum Gasteiger partial charge on any atom is 0.0850 e. The fourth-order valence-electron chi connectivity index (χ4n) is 3.11. The first-order chi connectivity index (χ1) is 9.02. The number of aromatic nitrogens is 2. The number of aryl methyl sites for hydroxylation is 2. The van der Waals surface area contributed by atoms with Gasteiger partial charge in [-0.05, 0) is 25.7 Å². The second kappa shape index (κ2) is 4.76. The average Bonchev–Trinajstić information content (AvgIpc) is 3.11. The van der Waals surface area contributed by atoms with Gasteiger partial charge in [0.05, 0.1) is 22.0 Å². The number of likely N-dealkylation sites (tertiary alicyclic amines) is 1. The largest absolute Gasteiger partial charge is 0.388 e. The first kappa shape index (κ1) is 13.4. The van der Waals surface area contributed by atoms with Crippen molar-refractivity contribution in [1.82, 2.24) is 14.7 Å². The lowest BCUT2D eigenvalue weighted by molar-refractivity contribution is 0.0469. The molecule has 2 heterocycles. The molecule has 2 fully saturated rings. The van der Waals surface area contributed by atoms with Crippen molar-refractivity contribution in [2.24, 2.45) is 7.05 Å². The molecule has 0 radical (unpaired) electrons. The molecule has 106 valence electrons. The molecule has 1 unspecified atom stereocenters. The highest BCUT2D eigenvalue weighted by atomic mass is 35.5. The number of aliphatic hydroxyl groups is 1. The van der Waals surface area contributed by atoms with Gasteiger partial charge in [0.15, 0.2) is 0 Å². The van der Waals surface area contributed by atoms with E-state index in [-0.39, 0.29) is 0 Å². The minimum atomic E-state index is -0.634. The van der Waals surface area contributed by atoms with Crippen LogP contribution in [0.25, 0.3) is 0 Å². The molecular formula is C14H22ClN3O. The Hall–Kier alpha value is -0.580. The van der Waals surface area contributed by atoms with Crippen molar-refractivity contribution in [1.29, 1.82) is 0 Å². The molecule has 1 aliphatic heterocycles. The van der Waals surface area contributed by atoms with Gasteiger partial charge in [-0.2, -0.15) is 5.10 Å². The molecule has 0 bridgehead atoms. The summed E-state index contributed by atoms with van der Waals surface area (Å²) in [6.07, 6.45) is 4.87. The second-order valence-corrected chi connectivity index (χ2v) is 6.42. The zero-order valence-corrected chi connectivity index (χ0v) is 12.4. The zero-order valence-electron chi connectivity index (χ0n) is 11.7. The minimum Gasteiger partial charge on any atom is -0.388 e. The zero-order chi connectivity index (χ0) is 13.6. The minimum absolute atomic E-state index is 0.610. The van der Waals surface area contributed by atoms with Crippen molar-refractivity contribution >= 4 is 11.6 Å². The van der Waals surface area contributed by atoms with Gasteiger partial charge in [-0.1, -0.05) is 18.5 Å². The van der Waals surface area contributed by atoms with E-state index in [4.69, 9.17) is 11.6 Å². The van der Waals surface area contributed by atoms with E-state index in [9.17, 15) is 5.11 Å². The van der Waals surface area contributed by atoms with Crippen molar-refractivity contribution < 1.29 is 5.11 Å². The second-order valence-electron chi connectivity index (χ2n) is 6.04. The van der Waals surface area contributed by atoms with Gasteiger partial charge in [-0.25, -0.2) is 0 Å². The Morgan fingerprint density at radius 3 is 2.79 bits per heavy atom. The van der Waals surface area contributed by atoms with E-state index < -0.39 is 5.60 Å². The molecule has 0 aromatic carbocycles. The van der Waals surface area contributed by atoms with E-state index in [1.54, 1.807) is 0 Å². The van der Waals surface area contributed by atoms with Crippen LogP contribution in [0.4, 0.5) is 0 Å². The summed E-state index contributed by atoms with van der Waals surface area (Å²) in [7, 11) is 1.91. The molecule has 3 rings (SSSR count). The van der Waals surface area contributed by atoms with E-state index in [0.29, 0.717) is 6.42 Å². The van der Waals surface area contributed by atoms with Crippen molar-refractivity contribution in [3.63, 3.8) is 0 Å². The smallest absolute Gasteiger partial charge is 0.0850 e. The molecule has 1 atom stereocenters. The molecular weight excluding hydrogens is 262 g/mol. The predicted molar refractivity (Wildman–Crippen MR) is 75.5 cm³/mol. The Balaban J connectivity index is 1.75. The quantitative estimate of drug-likeness (QED) is 0.916. The highest BCUT2D eigenvalue weighted by molar-refractivity contribution is 6.31. The highest BCUT2D eigenvalue weighted by Crippen LogP contribution is 2.36. The summed E-state index contributed by atoms with van der Waals surface area (Å²) in [6, 6.07) is 0.724. The van der Waals surface area contributed by atoms with Gasteiger partial charge >= 0.3 is 0 Å². The summed E-state index contributed by atoms with van der Waals surface area (Å²) >= 11 is 6.37. The van der Waals surface area contributed by atoms with E-state index in [2.05, 4.69) is 16.9 Å². The highest BCUT2D eigenvalue weighted by Gasteiger charge is 2.42. The third-order valence-electron chi connectivity index (χ3n) is 4.42. The molecule has 5 heteroatoms. The standard InChI is InChI=1S/C14H22ClN3O/c1-3-11-13(15)12(17(2)16-11)8-14(19)6-7-18(9-14)10-4-5-10/h10,19H,3-9H2,1-2H3. The summed E-state index contributed by atoms with van der Waals surface area (Å²) in [5, 5.41) is 15.9. The maximum absolute atomic E-state index is 10.8. The lowest BCUT2D eigenvalue weighted by Crippen LogP contribution is -2.36. The summed E-state index contributed by atoms with van der Waals surface area (Å²) in [4.78, 5) is 2.42. The van der Waals surface area contributed by atoms with Crippen LogP contribution in [-0.4, -0.2) is 44.5 Å². The topological polar surface area (TPSA) is 41.3 Å². The van der Waals surface area contributed by atoms with Crippen LogP contribution in [0.15, 0.2) is 0 Å². The lowest BCUT2D eigenvalue weighted by Gasteiger charge is -2.23. The predicted octanol–water partition coefficient (Wildman–Crippen LogP) is 1.78. The summed E-state index contributed by atoms with van der Waals surface area (Å²) < 4.78 is 1.83. The van der Waals surface area contributed by atoms with Gasteiger partial charge in [-0.3, -0.25) is 9.58 Å². The number of halogens is 1. The number of nitrogens with zero attached hydrogens (tertiary/aromatic N) is 3. The SMILES string of the molecule is CCc1nn(C)c(CC2(O)CCN(C3CC3)C2)c1Cl. The summed E-state index contributed by atoms with van der Waals surface area (Å²) in [5.74, 6) is 0. The molecule has 1 N–H and O–H groups in total. The van der Waals surface area contributed by atoms with Gasteiger partial charge in [0, 0.05) is 32.6 Å². The number of hydrogen-bond donors (Lipinski definition) is 1. The van der Waals surface area contributed by atoms with Crippen molar-refractivity contribution in [3.8, 4) is 0 Å². The van der Waals surface area contributed by atoms with Crippen LogP contribution in [0.2, 0.25) is 5.02 Å². The third-order valence-corrected chi connectivity index (χ3v) is 4.86. The Kier molecular flexibility index (Phi) is 3.36. The molecule has 1 saturated carbocycles. The Labute approximate surface area is 119 Å². The van der Waals surface area contributed by atoms with E-state index >= 15 is 0 Å². The number of hydrogen-bond acceptors (Lipinski definition) is 3. The van der Waals surface area contributed by atoms with Crippen LogP contribution in [0.1, 0.15) is 37.6 Å². The monoisotopic (exact) mass is 283 g/mol. The summed E-state index contributed by atoms with van der Waals surface area (Å²) in [5.41, 5.74) is 1.27. The summed E-state index contributed by atoms with van der Waals surface area (Å²) in [6.45, 7) is 3.84.